The molecule has 0 saturated carbocycles. The van der Waals surface area contributed by atoms with E-state index in [2.05, 4.69) is 29.6 Å². The second-order valence-corrected chi connectivity index (χ2v) is 3.75. The lowest BCUT2D eigenvalue weighted by molar-refractivity contribution is 1.02. The molecule has 0 fully saturated rings. The van der Waals surface area contributed by atoms with E-state index in [4.69, 9.17) is 5.73 Å². The van der Waals surface area contributed by atoms with Crippen molar-refractivity contribution >= 4 is 11.4 Å². The Morgan fingerprint density at radius 3 is 2.31 bits per heavy atom. The van der Waals surface area contributed by atoms with Crippen LogP contribution in [0.1, 0.15) is 5.56 Å². The fraction of sp³-hybridized carbons (Fsp3) is 0.143. The normalized spacial score (nSPS) is 10.0. The zero-order valence-electron chi connectivity index (χ0n) is 9.19. The van der Waals surface area contributed by atoms with Crippen molar-refractivity contribution in [2.24, 2.45) is 0 Å². The van der Waals surface area contributed by atoms with Gasteiger partial charge in [-0.2, -0.15) is 0 Å². The smallest absolute Gasteiger partial charge is 0.0574 e. The Bertz CT molecular complexity index is 437. The first-order valence-electron chi connectivity index (χ1n) is 5.48. The molecule has 0 radical (unpaired) electrons. The minimum atomic E-state index is 0.801. The number of benzene rings is 2. The summed E-state index contributed by atoms with van der Waals surface area (Å²) in [6.07, 6.45) is 1.01. The van der Waals surface area contributed by atoms with Crippen molar-refractivity contribution in [2.45, 2.75) is 6.42 Å². The molecular formula is C14H16N2. The van der Waals surface area contributed by atoms with E-state index >= 15 is 0 Å². The molecule has 2 aromatic carbocycles. The Hall–Kier alpha value is -1.96. The van der Waals surface area contributed by atoms with Gasteiger partial charge in [0.05, 0.1) is 11.4 Å². The number of para-hydroxylation sites is 2. The van der Waals surface area contributed by atoms with Gasteiger partial charge in [-0.25, -0.2) is 0 Å². The van der Waals surface area contributed by atoms with Crippen LogP contribution in [0.3, 0.4) is 0 Å². The van der Waals surface area contributed by atoms with E-state index in [1.807, 2.05) is 30.3 Å². The van der Waals surface area contributed by atoms with Gasteiger partial charge in [0.2, 0.25) is 0 Å². The van der Waals surface area contributed by atoms with Crippen LogP contribution in [-0.2, 0) is 6.42 Å². The van der Waals surface area contributed by atoms with Crippen molar-refractivity contribution < 1.29 is 0 Å². The summed E-state index contributed by atoms with van der Waals surface area (Å²) in [6.45, 7) is 0.901. The molecule has 0 saturated heterocycles. The molecule has 0 heterocycles. The highest BCUT2D eigenvalue weighted by Gasteiger charge is 1.96. The van der Waals surface area contributed by atoms with Crippen LogP contribution in [0.25, 0.3) is 0 Å². The number of hydrogen-bond acceptors (Lipinski definition) is 2. The third-order valence-electron chi connectivity index (χ3n) is 2.53. The number of rotatable bonds is 4. The Kier molecular flexibility index (Phi) is 3.44. The number of anilines is 2. The number of nitrogens with two attached hydrogens (primary N) is 1. The molecule has 16 heavy (non-hydrogen) atoms. The van der Waals surface area contributed by atoms with E-state index < -0.39 is 0 Å². The average molecular weight is 212 g/mol. The first-order chi connectivity index (χ1) is 7.86. The maximum atomic E-state index is 5.84. The van der Waals surface area contributed by atoms with Crippen molar-refractivity contribution in [3.05, 3.63) is 60.2 Å². The van der Waals surface area contributed by atoms with Crippen LogP contribution in [0.5, 0.6) is 0 Å². The number of nitrogens with one attached hydrogen (secondary N) is 1. The summed E-state index contributed by atoms with van der Waals surface area (Å²) in [5, 5.41) is 3.34. The predicted octanol–water partition coefficient (Wildman–Crippen LogP) is 2.92. The minimum absolute atomic E-state index is 0.801. The van der Waals surface area contributed by atoms with Crippen molar-refractivity contribution in [1.82, 2.24) is 0 Å². The van der Waals surface area contributed by atoms with Crippen LogP contribution >= 0.6 is 0 Å². The molecule has 2 heteroatoms. The zero-order chi connectivity index (χ0) is 11.2. The Balaban J connectivity index is 1.87. The monoisotopic (exact) mass is 212 g/mol. The molecule has 2 rings (SSSR count). The highest BCUT2D eigenvalue weighted by atomic mass is 14.9. The minimum Gasteiger partial charge on any atom is -0.397 e. The first-order valence-corrected chi connectivity index (χ1v) is 5.48. The van der Waals surface area contributed by atoms with Gasteiger partial charge < -0.3 is 11.1 Å². The Labute approximate surface area is 96.1 Å². The summed E-state index contributed by atoms with van der Waals surface area (Å²) in [5.41, 5.74) is 8.99. The highest BCUT2D eigenvalue weighted by molar-refractivity contribution is 5.65. The van der Waals surface area contributed by atoms with E-state index in [1.54, 1.807) is 0 Å². The lowest BCUT2D eigenvalue weighted by Crippen LogP contribution is -2.06. The SMILES string of the molecule is Nc1ccccc1NCCc1ccccc1. The van der Waals surface area contributed by atoms with Crippen molar-refractivity contribution in [3.63, 3.8) is 0 Å². The molecule has 0 atom stereocenters. The van der Waals surface area contributed by atoms with Crippen LogP contribution in [0.15, 0.2) is 54.6 Å². The lowest BCUT2D eigenvalue weighted by Gasteiger charge is -2.08. The summed E-state index contributed by atoms with van der Waals surface area (Å²) in [4.78, 5) is 0. The molecule has 2 aromatic rings. The maximum absolute atomic E-state index is 5.84. The molecule has 0 bridgehead atoms. The maximum Gasteiger partial charge on any atom is 0.0574 e. The largest absolute Gasteiger partial charge is 0.397 e. The van der Waals surface area contributed by atoms with Crippen LogP contribution < -0.4 is 11.1 Å². The molecule has 0 aromatic heterocycles. The summed E-state index contributed by atoms with van der Waals surface area (Å²) < 4.78 is 0. The summed E-state index contributed by atoms with van der Waals surface area (Å²) in [5.74, 6) is 0. The molecule has 0 aliphatic carbocycles. The van der Waals surface area contributed by atoms with Crippen LogP contribution in [0, 0.1) is 0 Å². The van der Waals surface area contributed by atoms with E-state index in [0.29, 0.717) is 0 Å². The molecule has 0 unspecified atom stereocenters. The standard InChI is InChI=1S/C14H16N2/c15-13-8-4-5-9-14(13)16-11-10-12-6-2-1-3-7-12/h1-9,16H,10-11,15H2. The summed E-state index contributed by atoms with van der Waals surface area (Å²) >= 11 is 0. The molecule has 82 valence electrons. The fourth-order valence-electron chi connectivity index (χ4n) is 1.64. The van der Waals surface area contributed by atoms with Crippen LogP contribution in [0.2, 0.25) is 0 Å². The second-order valence-electron chi connectivity index (χ2n) is 3.75. The van der Waals surface area contributed by atoms with Gasteiger partial charge in [0.25, 0.3) is 0 Å². The van der Waals surface area contributed by atoms with Crippen molar-refractivity contribution in [2.75, 3.05) is 17.6 Å². The third kappa shape index (κ3) is 2.76. The summed E-state index contributed by atoms with van der Waals surface area (Å²) in [6, 6.07) is 18.3. The van der Waals surface area contributed by atoms with Gasteiger partial charge in [-0.15, -0.1) is 0 Å². The summed E-state index contributed by atoms with van der Waals surface area (Å²) in [7, 11) is 0. The number of nitrogen functional groups attached to an aromatic ring is 1. The van der Waals surface area contributed by atoms with Gasteiger partial charge in [-0.1, -0.05) is 42.5 Å². The number of hydrogen-bond donors (Lipinski definition) is 2. The highest BCUT2D eigenvalue weighted by Crippen LogP contribution is 2.16. The molecule has 3 N–H and O–H groups in total. The molecule has 0 amide bonds. The Morgan fingerprint density at radius 1 is 0.875 bits per heavy atom. The van der Waals surface area contributed by atoms with Gasteiger partial charge in [-0.05, 0) is 24.1 Å². The lowest BCUT2D eigenvalue weighted by atomic mass is 10.1. The molecule has 0 aliphatic rings. The van der Waals surface area contributed by atoms with Crippen molar-refractivity contribution in [1.29, 1.82) is 0 Å². The van der Waals surface area contributed by atoms with Crippen molar-refractivity contribution in [3.8, 4) is 0 Å². The van der Waals surface area contributed by atoms with E-state index in [9.17, 15) is 0 Å². The topological polar surface area (TPSA) is 38.0 Å². The second kappa shape index (κ2) is 5.21. The van der Waals surface area contributed by atoms with Gasteiger partial charge in [0.15, 0.2) is 0 Å². The quantitative estimate of drug-likeness (QED) is 0.765. The molecule has 0 aliphatic heterocycles. The molecule has 2 nitrogen and oxygen atoms in total. The van der Waals surface area contributed by atoms with E-state index in [-0.39, 0.29) is 0 Å². The third-order valence-corrected chi connectivity index (χ3v) is 2.53. The van der Waals surface area contributed by atoms with Crippen LogP contribution in [0.4, 0.5) is 11.4 Å². The molecular weight excluding hydrogens is 196 g/mol. The van der Waals surface area contributed by atoms with Gasteiger partial charge >= 0.3 is 0 Å². The van der Waals surface area contributed by atoms with Gasteiger partial charge in [-0.3, -0.25) is 0 Å². The first kappa shape index (κ1) is 10.6. The zero-order valence-corrected chi connectivity index (χ0v) is 9.19. The average Bonchev–Trinajstić information content (AvgIpc) is 2.33. The fourth-order valence-corrected chi connectivity index (χ4v) is 1.64. The predicted molar refractivity (Wildman–Crippen MR) is 69.5 cm³/mol. The molecule has 0 spiro atoms. The van der Waals surface area contributed by atoms with Gasteiger partial charge in [0.1, 0.15) is 0 Å². The Morgan fingerprint density at radius 2 is 1.56 bits per heavy atom. The van der Waals surface area contributed by atoms with E-state index in [1.165, 1.54) is 5.56 Å². The van der Waals surface area contributed by atoms with E-state index in [0.717, 1.165) is 24.3 Å². The van der Waals surface area contributed by atoms with Crippen LogP contribution in [-0.4, -0.2) is 6.54 Å². The van der Waals surface area contributed by atoms with Gasteiger partial charge in [0, 0.05) is 6.54 Å².